The van der Waals surface area contributed by atoms with E-state index in [-0.39, 0.29) is 12.7 Å². The van der Waals surface area contributed by atoms with E-state index in [1.807, 2.05) is 49.4 Å². The summed E-state index contributed by atoms with van der Waals surface area (Å²) in [6, 6.07) is 15.9. The minimum absolute atomic E-state index is 0.232. The van der Waals surface area contributed by atoms with E-state index in [1.165, 1.54) is 0 Å². The third kappa shape index (κ3) is 6.23. The van der Waals surface area contributed by atoms with Crippen molar-refractivity contribution in [3.63, 3.8) is 0 Å². The Morgan fingerprint density at radius 1 is 1.21 bits per heavy atom. The molecule has 0 spiro atoms. The molecule has 0 radical (unpaired) electrons. The molecule has 0 aromatic heterocycles. The van der Waals surface area contributed by atoms with Crippen LogP contribution in [-0.2, 0) is 11.3 Å². The predicted octanol–water partition coefficient (Wildman–Crippen LogP) is 3.42. The summed E-state index contributed by atoms with van der Waals surface area (Å²) in [5.74, 6) is 1.66. The second-order valence-electron chi connectivity index (χ2n) is 7.41. The second-order valence-corrected chi connectivity index (χ2v) is 7.41. The lowest BCUT2D eigenvalue weighted by atomic mass is 10.1. The monoisotopic (exact) mass is 385 g/mol. The highest BCUT2D eigenvalue weighted by molar-refractivity contribution is 5.31. The van der Waals surface area contributed by atoms with E-state index in [4.69, 9.17) is 14.2 Å². The fourth-order valence-electron chi connectivity index (χ4n) is 3.56. The number of aliphatic hydroxyl groups is 1. The minimum Gasteiger partial charge on any atom is -0.497 e. The van der Waals surface area contributed by atoms with Gasteiger partial charge in [-0.3, -0.25) is 4.90 Å². The number of ether oxygens (including phenoxy) is 3. The summed E-state index contributed by atoms with van der Waals surface area (Å²) in [5, 5.41) is 10.6. The molecule has 1 aliphatic rings. The molecule has 152 valence electrons. The van der Waals surface area contributed by atoms with Gasteiger partial charge in [0.2, 0.25) is 0 Å². The van der Waals surface area contributed by atoms with Gasteiger partial charge in [0.05, 0.1) is 13.2 Å². The van der Waals surface area contributed by atoms with Gasteiger partial charge in [-0.1, -0.05) is 30.3 Å². The lowest BCUT2D eigenvalue weighted by Crippen LogP contribution is -2.39. The van der Waals surface area contributed by atoms with Gasteiger partial charge in [0, 0.05) is 26.2 Å². The van der Waals surface area contributed by atoms with Crippen LogP contribution < -0.4 is 9.47 Å². The quantitative estimate of drug-likeness (QED) is 0.679. The molecule has 5 nitrogen and oxygen atoms in total. The number of para-hydroxylation sites is 1. The van der Waals surface area contributed by atoms with Crippen LogP contribution in [0.2, 0.25) is 0 Å². The van der Waals surface area contributed by atoms with Gasteiger partial charge < -0.3 is 19.3 Å². The Morgan fingerprint density at radius 2 is 2.07 bits per heavy atom. The van der Waals surface area contributed by atoms with Crippen molar-refractivity contribution in [2.24, 2.45) is 0 Å². The van der Waals surface area contributed by atoms with E-state index < -0.39 is 6.10 Å². The summed E-state index contributed by atoms with van der Waals surface area (Å²) in [7, 11) is 1.68. The summed E-state index contributed by atoms with van der Waals surface area (Å²) < 4.78 is 17.0. The molecule has 1 heterocycles. The zero-order valence-electron chi connectivity index (χ0n) is 16.8. The van der Waals surface area contributed by atoms with Crippen LogP contribution in [0.15, 0.2) is 48.5 Å². The number of aryl methyl sites for hydroxylation is 1. The summed E-state index contributed by atoms with van der Waals surface area (Å²) >= 11 is 0. The number of hydrogen-bond acceptors (Lipinski definition) is 5. The van der Waals surface area contributed by atoms with Crippen LogP contribution in [0.25, 0.3) is 0 Å². The fourth-order valence-corrected chi connectivity index (χ4v) is 3.56. The van der Waals surface area contributed by atoms with Crippen molar-refractivity contribution in [2.45, 2.75) is 38.5 Å². The van der Waals surface area contributed by atoms with Crippen molar-refractivity contribution in [2.75, 3.05) is 33.4 Å². The average molecular weight is 386 g/mol. The Morgan fingerprint density at radius 3 is 2.82 bits per heavy atom. The molecular formula is C23H31NO4. The Balaban J connectivity index is 1.59. The van der Waals surface area contributed by atoms with Gasteiger partial charge in [0.1, 0.15) is 24.2 Å². The third-order valence-electron chi connectivity index (χ3n) is 5.02. The van der Waals surface area contributed by atoms with Crippen LogP contribution in [0.4, 0.5) is 0 Å². The summed E-state index contributed by atoms with van der Waals surface area (Å²) in [5.41, 5.74) is 2.23. The van der Waals surface area contributed by atoms with E-state index in [0.29, 0.717) is 6.54 Å². The van der Waals surface area contributed by atoms with Crippen molar-refractivity contribution >= 4 is 0 Å². The third-order valence-corrected chi connectivity index (χ3v) is 5.02. The summed E-state index contributed by atoms with van der Waals surface area (Å²) in [6.45, 7) is 5.18. The van der Waals surface area contributed by atoms with Gasteiger partial charge in [-0.25, -0.2) is 0 Å². The van der Waals surface area contributed by atoms with Crippen molar-refractivity contribution in [1.29, 1.82) is 0 Å². The van der Waals surface area contributed by atoms with E-state index in [0.717, 1.165) is 55.2 Å². The minimum atomic E-state index is -0.577. The van der Waals surface area contributed by atoms with Crippen molar-refractivity contribution in [3.05, 3.63) is 59.7 Å². The lowest BCUT2D eigenvalue weighted by Gasteiger charge is -2.27. The van der Waals surface area contributed by atoms with Gasteiger partial charge in [0.15, 0.2) is 0 Å². The number of hydrogen-bond donors (Lipinski definition) is 1. The Labute approximate surface area is 167 Å². The summed E-state index contributed by atoms with van der Waals surface area (Å²) in [4.78, 5) is 2.25. The lowest BCUT2D eigenvalue weighted by molar-refractivity contribution is 0.0312. The molecule has 0 amide bonds. The molecular weight excluding hydrogens is 354 g/mol. The van der Waals surface area contributed by atoms with E-state index >= 15 is 0 Å². The van der Waals surface area contributed by atoms with Crippen LogP contribution in [0, 0.1) is 6.92 Å². The number of aliphatic hydroxyl groups excluding tert-OH is 1. The Hall–Kier alpha value is -2.08. The highest BCUT2D eigenvalue weighted by atomic mass is 16.5. The first kappa shape index (κ1) is 20.6. The van der Waals surface area contributed by atoms with Crippen LogP contribution in [-0.4, -0.2) is 55.6 Å². The fraction of sp³-hybridized carbons (Fsp3) is 0.478. The molecule has 0 unspecified atom stereocenters. The average Bonchev–Trinajstić information content (AvgIpc) is 3.20. The van der Waals surface area contributed by atoms with E-state index in [9.17, 15) is 5.11 Å². The number of rotatable bonds is 10. The standard InChI is InChI=1S/C23H31NO4/c1-18-7-3-4-11-23(18)28-17-20(25)15-24(16-22-10-6-12-27-22)14-19-8-5-9-21(13-19)26-2/h3-5,7-9,11,13,20,22,25H,6,10,12,14-17H2,1-2H3/t20-,22-/m0/s1. The predicted molar refractivity (Wildman–Crippen MR) is 110 cm³/mol. The molecule has 2 atom stereocenters. The number of nitrogens with zero attached hydrogens (tertiary/aromatic N) is 1. The van der Waals surface area contributed by atoms with Gasteiger partial charge >= 0.3 is 0 Å². The van der Waals surface area contributed by atoms with Crippen molar-refractivity contribution < 1.29 is 19.3 Å². The number of methoxy groups -OCH3 is 1. The molecule has 0 aliphatic carbocycles. The van der Waals surface area contributed by atoms with Crippen LogP contribution in [0.5, 0.6) is 11.5 Å². The second kappa shape index (κ2) is 10.5. The molecule has 0 saturated carbocycles. The van der Waals surface area contributed by atoms with Crippen molar-refractivity contribution in [3.8, 4) is 11.5 Å². The molecule has 1 N–H and O–H groups in total. The molecule has 1 aliphatic heterocycles. The van der Waals surface area contributed by atoms with E-state index in [1.54, 1.807) is 7.11 Å². The smallest absolute Gasteiger partial charge is 0.122 e. The maximum absolute atomic E-state index is 10.6. The topological polar surface area (TPSA) is 51.2 Å². The molecule has 1 saturated heterocycles. The first-order valence-corrected chi connectivity index (χ1v) is 9.97. The molecule has 28 heavy (non-hydrogen) atoms. The molecule has 2 aromatic rings. The normalized spacial score (nSPS) is 17.6. The Bertz CT molecular complexity index is 730. The molecule has 0 bridgehead atoms. The first-order valence-electron chi connectivity index (χ1n) is 9.97. The Kier molecular flexibility index (Phi) is 7.71. The summed E-state index contributed by atoms with van der Waals surface area (Å²) in [6.07, 6.45) is 1.84. The highest BCUT2D eigenvalue weighted by Crippen LogP contribution is 2.19. The first-order chi connectivity index (χ1) is 13.6. The number of benzene rings is 2. The largest absolute Gasteiger partial charge is 0.497 e. The maximum Gasteiger partial charge on any atom is 0.122 e. The van der Waals surface area contributed by atoms with Gasteiger partial charge in [0.25, 0.3) is 0 Å². The molecule has 5 heteroatoms. The van der Waals surface area contributed by atoms with Crippen LogP contribution in [0.3, 0.4) is 0 Å². The SMILES string of the molecule is COc1cccc(CN(C[C@H](O)COc2ccccc2C)C[C@@H]2CCCO2)c1. The van der Waals surface area contributed by atoms with Gasteiger partial charge in [-0.05, 0) is 49.1 Å². The van der Waals surface area contributed by atoms with Crippen molar-refractivity contribution in [1.82, 2.24) is 4.90 Å². The molecule has 3 rings (SSSR count). The maximum atomic E-state index is 10.6. The zero-order chi connectivity index (χ0) is 19.8. The molecule has 2 aromatic carbocycles. The van der Waals surface area contributed by atoms with Crippen LogP contribution in [0.1, 0.15) is 24.0 Å². The van der Waals surface area contributed by atoms with Crippen LogP contribution >= 0.6 is 0 Å². The van der Waals surface area contributed by atoms with E-state index in [2.05, 4.69) is 11.0 Å². The van der Waals surface area contributed by atoms with Gasteiger partial charge in [-0.15, -0.1) is 0 Å². The van der Waals surface area contributed by atoms with Gasteiger partial charge in [-0.2, -0.15) is 0 Å². The molecule has 1 fully saturated rings. The highest BCUT2D eigenvalue weighted by Gasteiger charge is 2.21. The zero-order valence-corrected chi connectivity index (χ0v) is 16.8.